The highest BCUT2D eigenvalue weighted by Gasteiger charge is 2.18. The minimum Gasteiger partial charge on any atom is -0.459 e. The summed E-state index contributed by atoms with van der Waals surface area (Å²) in [7, 11) is 0. The SMILES string of the molecule is CC(=O)C(=Cc1cccc2nonc12)C(=O)OC(C)C. The molecule has 6 nitrogen and oxygen atoms in total. The Hall–Kier alpha value is -2.50. The second kappa shape index (κ2) is 5.64. The van der Waals surface area contributed by atoms with Crippen molar-refractivity contribution in [3.63, 3.8) is 0 Å². The molecule has 0 fully saturated rings. The fourth-order valence-electron chi connectivity index (χ4n) is 1.68. The highest BCUT2D eigenvalue weighted by molar-refractivity contribution is 6.20. The zero-order chi connectivity index (χ0) is 14.7. The number of ether oxygens (including phenoxy) is 1. The normalized spacial score (nSPS) is 11.9. The lowest BCUT2D eigenvalue weighted by Gasteiger charge is -2.08. The Kier molecular flexibility index (Phi) is 3.93. The van der Waals surface area contributed by atoms with Gasteiger partial charge >= 0.3 is 5.97 Å². The quantitative estimate of drug-likeness (QED) is 0.367. The number of esters is 1. The van der Waals surface area contributed by atoms with Crippen LogP contribution in [-0.4, -0.2) is 28.2 Å². The summed E-state index contributed by atoms with van der Waals surface area (Å²) in [5.74, 6) is -1.02. The number of benzene rings is 1. The molecule has 0 spiro atoms. The highest BCUT2D eigenvalue weighted by atomic mass is 16.6. The van der Waals surface area contributed by atoms with E-state index in [2.05, 4.69) is 14.9 Å². The lowest BCUT2D eigenvalue weighted by molar-refractivity contribution is -0.143. The Morgan fingerprint density at radius 2 is 2.05 bits per heavy atom. The summed E-state index contributed by atoms with van der Waals surface area (Å²) in [5.41, 5.74) is 1.59. The Bertz CT molecular complexity index is 685. The van der Waals surface area contributed by atoms with Crippen LogP contribution in [0, 0.1) is 0 Å². The third-order valence-electron chi connectivity index (χ3n) is 2.56. The van der Waals surface area contributed by atoms with Gasteiger partial charge in [-0.15, -0.1) is 0 Å². The van der Waals surface area contributed by atoms with Crippen LogP contribution < -0.4 is 0 Å². The van der Waals surface area contributed by atoms with Crippen molar-refractivity contribution in [1.82, 2.24) is 10.3 Å². The van der Waals surface area contributed by atoms with Gasteiger partial charge in [-0.05, 0) is 43.2 Å². The zero-order valence-electron chi connectivity index (χ0n) is 11.4. The molecule has 20 heavy (non-hydrogen) atoms. The van der Waals surface area contributed by atoms with Crippen molar-refractivity contribution < 1.29 is 19.0 Å². The Morgan fingerprint density at radius 1 is 1.30 bits per heavy atom. The van der Waals surface area contributed by atoms with Crippen LogP contribution in [0.4, 0.5) is 0 Å². The molecule has 0 radical (unpaired) electrons. The Balaban J connectivity index is 2.46. The second-order valence-electron chi connectivity index (χ2n) is 4.55. The third kappa shape index (κ3) is 2.90. The zero-order valence-corrected chi connectivity index (χ0v) is 11.4. The lowest BCUT2D eigenvalue weighted by atomic mass is 10.1. The van der Waals surface area contributed by atoms with Crippen LogP contribution >= 0.6 is 0 Å². The fourth-order valence-corrected chi connectivity index (χ4v) is 1.68. The predicted molar refractivity (Wildman–Crippen MR) is 71.7 cm³/mol. The van der Waals surface area contributed by atoms with Gasteiger partial charge < -0.3 is 4.74 Å². The van der Waals surface area contributed by atoms with Crippen molar-refractivity contribution >= 4 is 28.9 Å². The number of ketones is 1. The van der Waals surface area contributed by atoms with E-state index in [9.17, 15) is 9.59 Å². The predicted octanol–water partition coefficient (Wildman–Crippen LogP) is 2.15. The van der Waals surface area contributed by atoms with Crippen LogP contribution in [0.25, 0.3) is 17.1 Å². The van der Waals surface area contributed by atoms with Gasteiger partial charge in [0.1, 0.15) is 16.6 Å². The number of rotatable bonds is 4. The van der Waals surface area contributed by atoms with Gasteiger partial charge in [-0.25, -0.2) is 9.42 Å². The van der Waals surface area contributed by atoms with Crippen LogP contribution in [0.15, 0.2) is 28.4 Å². The summed E-state index contributed by atoms with van der Waals surface area (Å²) >= 11 is 0. The summed E-state index contributed by atoms with van der Waals surface area (Å²) in [5, 5.41) is 7.47. The topological polar surface area (TPSA) is 82.3 Å². The van der Waals surface area contributed by atoms with Crippen molar-refractivity contribution in [1.29, 1.82) is 0 Å². The average molecular weight is 274 g/mol. The molecule has 1 heterocycles. The number of Topliss-reactive ketones (excluding diaryl/α,β-unsaturated/α-hetero) is 1. The van der Waals surface area contributed by atoms with Crippen LogP contribution in [-0.2, 0) is 14.3 Å². The molecule has 2 aromatic rings. The van der Waals surface area contributed by atoms with Crippen molar-refractivity contribution in [2.75, 3.05) is 0 Å². The van der Waals surface area contributed by atoms with Gasteiger partial charge in [0.05, 0.1) is 6.10 Å². The summed E-state index contributed by atoms with van der Waals surface area (Å²) in [6.45, 7) is 4.75. The van der Waals surface area contributed by atoms with Gasteiger partial charge in [-0.3, -0.25) is 4.79 Å². The molecule has 104 valence electrons. The lowest BCUT2D eigenvalue weighted by Crippen LogP contribution is -2.17. The number of carbonyl (C=O) groups is 2. The number of aromatic nitrogens is 2. The van der Waals surface area contributed by atoms with Gasteiger partial charge in [0.25, 0.3) is 0 Å². The van der Waals surface area contributed by atoms with Crippen molar-refractivity contribution in [3.05, 3.63) is 29.3 Å². The monoisotopic (exact) mass is 274 g/mol. The molecule has 0 saturated carbocycles. The molecular formula is C14H14N2O4. The number of carbonyl (C=O) groups excluding carboxylic acids is 2. The maximum absolute atomic E-state index is 11.9. The molecule has 6 heteroatoms. The van der Waals surface area contributed by atoms with Gasteiger partial charge in [-0.2, -0.15) is 0 Å². The number of nitrogens with zero attached hydrogens (tertiary/aromatic N) is 2. The summed E-state index contributed by atoms with van der Waals surface area (Å²) in [6, 6.07) is 5.19. The first-order valence-electron chi connectivity index (χ1n) is 6.14. The van der Waals surface area contributed by atoms with Gasteiger partial charge in [0, 0.05) is 5.56 Å². The van der Waals surface area contributed by atoms with Crippen LogP contribution in [0.3, 0.4) is 0 Å². The van der Waals surface area contributed by atoms with E-state index in [1.807, 2.05) is 0 Å². The first kappa shape index (κ1) is 13.9. The molecule has 0 bridgehead atoms. The van der Waals surface area contributed by atoms with E-state index in [1.165, 1.54) is 13.0 Å². The molecule has 0 atom stereocenters. The number of fused-ring (bicyclic) bond motifs is 1. The van der Waals surface area contributed by atoms with Crippen molar-refractivity contribution in [2.45, 2.75) is 26.9 Å². The summed E-state index contributed by atoms with van der Waals surface area (Å²) in [4.78, 5) is 23.5. The molecule has 0 N–H and O–H groups in total. The smallest absolute Gasteiger partial charge is 0.342 e. The largest absolute Gasteiger partial charge is 0.459 e. The van der Waals surface area contributed by atoms with Crippen LogP contribution in [0.5, 0.6) is 0 Å². The molecule has 0 aliphatic carbocycles. The van der Waals surface area contributed by atoms with E-state index < -0.39 is 5.97 Å². The van der Waals surface area contributed by atoms with E-state index in [0.717, 1.165) is 0 Å². The van der Waals surface area contributed by atoms with Crippen molar-refractivity contribution in [3.8, 4) is 0 Å². The molecule has 1 aromatic heterocycles. The number of hydrogen-bond acceptors (Lipinski definition) is 6. The van der Waals surface area contributed by atoms with Crippen LogP contribution in [0.2, 0.25) is 0 Å². The molecule has 0 amide bonds. The van der Waals surface area contributed by atoms with E-state index in [0.29, 0.717) is 16.6 Å². The van der Waals surface area contributed by atoms with Gasteiger partial charge in [0.15, 0.2) is 5.78 Å². The van der Waals surface area contributed by atoms with E-state index in [-0.39, 0.29) is 17.5 Å². The maximum Gasteiger partial charge on any atom is 0.342 e. The first-order valence-corrected chi connectivity index (χ1v) is 6.14. The molecule has 0 aliphatic rings. The Labute approximate surface area is 115 Å². The standard InChI is InChI=1S/C14H14N2O4/c1-8(2)19-14(18)11(9(3)17)7-10-5-4-6-12-13(10)16-20-15-12/h4-8H,1-3H3. The average Bonchev–Trinajstić information content (AvgIpc) is 2.83. The minimum absolute atomic E-state index is 0.0331. The maximum atomic E-state index is 11.9. The molecular weight excluding hydrogens is 260 g/mol. The van der Waals surface area contributed by atoms with Crippen molar-refractivity contribution in [2.24, 2.45) is 0 Å². The van der Waals surface area contributed by atoms with E-state index in [1.54, 1.807) is 32.0 Å². The third-order valence-corrected chi connectivity index (χ3v) is 2.56. The minimum atomic E-state index is -0.652. The first-order chi connectivity index (χ1) is 9.49. The molecule has 0 unspecified atom stereocenters. The summed E-state index contributed by atoms with van der Waals surface area (Å²) in [6.07, 6.45) is 1.15. The molecule has 0 aliphatic heterocycles. The fraction of sp³-hybridized carbons (Fsp3) is 0.286. The van der Waals surface area contributed by atoms with Gasteiger partial charge in [-0.1, -0.05) is 12.1 Å². The van der Waals surface area contributed by atoms with E-state index >= 15 is 0 Å². The highest BCUT2D eigenvalue weighted by Crippen LogP contribution is 2.18. The van der Waals surface area contributed by atoms with Crippen LogP contribution in [0.1, 0.15) is 26.3 Å². The molecule has 2 rings (SSSR count). The second-order valence-corrected chi connectivity index (χ2v) is 4.55. The summed E-state index contributed by atoms with van der Waals surface area (Å²) < 4.78 is 9.69. The molecule has 0 saturated heterocycles. The van der Waals surface area contributed by atoms with Gasteiger partial charge in [0.2, 0.25) is 0 Å². The Morgan fingerprint density at radius 3 is 2.70 bits per heavy atom. The van der Waals surface area contributed by atoms with E-state index in [4.69, 9.17) is 4.74 Å². The number of hydrogen-bond donors (Lipinski definition) is 0. The molecule has 1 aromatic carbocycles.